The fraction of sp³-hybridized carbons (Fsp3) is 0.621. The van der Waals surface area contributed by atoms with Crippen LogP contribution in [0.15, 0.2) is 30.3 Å². The lowest BCUT2D eigenvalue weighted by molar-refractivity contribution is -0.148. The van der Waals surface area contributed by atoms with Crippen LogP contribution in [0, 0.1) is 5.92 Å². The number of hydroxylamine groups is 1. The number of halogens is 1. The largest absolute Gasteiger partial charge is 0.352 e. The first-order chi connectivity index (χ1) is 19.5. The zero-order valence-corrected chi connectivity index (χ0v) is 24.4. The molecule has 1 aromatic carbocycles. The average Bonchev–Trinajstić information content (AvgIpc) is 3.37. The molecular weight excluding hydrogens is 533 g/mol. The van der Waals surface area contributed by atoms with Gasteiger partial charge >= 0.3 is 0 Å². The van der Waals surface area contributed by atoms with Crippen molar-refractivity contribution in [3.05, 3.63) is 35.9 Å². The van der Waals surface area contributed by atoms with Gasteiger partial charge in [0.15, 0.2) is 0 Å². The van der Waals surface area contributed by atoms with Crippen molar-refractivity contribution >= 4 is 29.5 Å². The lowest BCUT2D eigenvalue weighted by atomic mass is 9.95. The molecule has 3 unspecified atom stereocenters. The number of carbonyl (C=O) groups excluding carboxylic acids is 5. The van der Waals surface area contributed by atoms with E-state index in [1.807, 2.05) is 13.8 Å². The van der Waals surface area contributed by atoms with Gasteiger partial charge in [-0.1, -0.05) is 58.2 Å². The van der Waals surface area contributed by atoms with Crippen LogP contribution in [0.5, 0.6) is 0 Å². The van der Waals surface area contributed by atoms with Gasteiger partial charge in [-0.05, 0) is 30.9 Å². The summed E-state index contributed by atoms with van der Waals surface area (Å²) in [5.74, 6) is -3.08. The van der Waals surface area contributed by atoms with Gasteiger partial charge in [-0.15, -0.1) is 0 Å². The Morgan fingerprint density at radius 3 is 2.39 bits per heavy atom. The van der Waals surface area contributed by atoms with Gasteiger partial charge in [0.05, 0.1) is 6.54 Å². The Morgan fingerprint density at radius 1 is 1.10 bits per heavy atom. The number of hydrogen-bond acceptors (Lipinski definition) is 6. The molecule has 2 rings (SSSR count). The van der Waals surface area contributed by atoms with Crippen molar-refractivity contribution < 1.29 is 33.6 Å². The third kappa shape index (κ3) is 9.51. The number of rotatable bonds is 15. The van der Waals surface area contributed by atoms with Gasteiger partial charge in [0.25, 0.3) is 11.8 Å². The Hall–Kier alpha value is -3.54. The summed E-state index contributed by atoms with van der Waals surface area (Å²) in [4.78, 5) is 67.1. The van der Waals surface area contributed by atoms with Crippen LogP contribution in [0.4, 0.5) is 4.39 Å². The van der Waals surface area contributed by atoms with Gasteiger partial charge in [0.2, 0.25) is 17.7 Å². The number of alkyl halides is 1. The molecule has 11 nitrogen and oxygen atoms in total. The van der Waals surface area contributed by atoms with E-state index < -0.39 is 42.0 Å². The number of carbonyl (C=O) groups is 5. The average molecular weight is 578 g/mol. The SMILES string of the molecule is CCCCCC(=O)N1C[C@H](F)C[C@H]1C(=O)N(C)C(C(=O)NC(CCNC(=O)c1ccccc1)C(=O)NO)C(C)CC. The Bertz CT molecular complexity index is 1040. The first-order valence-electron chi connectivity index (χ1n) is 14.3. The standard InChI is InChI=1S/C29H44FN5O6/c1-5-7-9-14-24(36)35-18-21(30)17-23(35)29(40)34(4)25(19(3)6-2)28(39)32-22(27(38)33-41)15-16-31-26(37)20-12-10-8-11-13-20/h8,10-13,19,21-23,25,41H,5-7,9,14-18H2,1-4H3,(H,31,37)(H,32,39)(H,33,38)/t19?,21-,22?,23+,25?/m1/s1. The van der Waals surface area contributed by atoms with Crippen molar-refractivity contribution in [2.75, 3.05) is 20.1 Å². The minimum atomic E-state index is -1.34. The van der Waals surface area contributed by atoms with Gasteiger partial charge in [-0.3, -0.25) is 29.2 Å². The number of benzene rings is 1. The molecular formula is C29H44FN5O6. The van der Waals surface area contributed by atoms with E-state index in [1.54, 1.807) is 37.3 Å². The summed E-state index contributed by atoms with van der Waals surface area (Å²) < 4.78 is 14.4. The maximum absolute atomic E-state index is 14.4. The van der Waals surface area contributed by atoms with Crippen LogP contribution in [0.2, 0.25) is 0 Å². The molecule has 0 saturated carbocycles. The molecule has 41 heavy (non-hydrogen) atoms. The first-order valence-corrected chi connectivity index (χ1v) is 14.3. The fourth-order valence-electron chi connectivity index (χ4n) is 5.00. The molecule has 0 radical (unpaired) electrons. The maximum atomic E-state index is 14.4. The van der Waals surface area contributed by atoms with Gasteiger partial charge in [0, 0.05) is 32.0 Å². The Morgan fingerprint density at radius 2 is 1.78 bits per heavy atom. The molecule has 0 aliphatic carbocycles. The second kappa shape index (κ2) is 16.7. The molecule has 1 aliphatic rings. The van der Waals surface area contributed by atoms with Gasteiger partial charge in [-0.2, -0.15) is 0 Å². The van der Waals surface area contributed by atoms with Crippen molar-refractivity contribution in [2.24, 2.45) is 5.92 Å². The van der Waals surface area contributed by atoms with E-state index in [0.29, 0.717) is 18.4 Å². The predicted octanol–water partition coefficient (Wildman–Crippen LogP) is 2.19. The smallest absolute Gasteiger partial charge is 0.265 e. The van der Waals surface area contributed by atoms with E-state index in [-0.39, 0.29) is 50.1 Å². The molecule has 0 bridgehead atoms. The summed E-state index contributed by atoms with van der Waals surface area (Å²) >= 11 is 0. The van der Waals surface area contributed by atoms with E-state index in [0.717, 1.165) is 12.8 Å². The van der Waals surface area contributed by atoms with Crippen LogP contribution in [0.1, 0.15) is 76.1 Å². The number of hydrogen-bond donors (Lipinski definition) is 4. The lowest BCUT2D eigenvalue weighted by Crippen LogP contribution is -2.58. The van der Waals surface area contributed by atoms with Crippen molar-refractivity contribution in [2.45, 2.75) is 90.0 Å². The van der Waals surface area contributed by atoms with E-state index in [2.05, 4.69) is 10.6 Å². The summed E-state index contributed by atoms with van der Waals surface area (Å²) in [6.45, 7) is 5.48. The summed E-state index contributed by atoms with van der Waals surface area (Å²) in [5.41, 5.74) is 1.96. The van der Waals surface area contributed by atoms with Crippen LogP contribution < -0.4 is 16.1 Å². The van der Waals surface area contributed by atoms with Crippen LogP contribution in [-0.4, -0.2) is 89.0 Å². The van der Waals surface area contributed by atoms with E-state index in [4.69, 9.17) is 0 Å². The van der Waals surface area contributed by atoms with Crippen LogP contribution in [0.25, 0.3) is 0 Å². The molecule has 1 saturated heterocycles. The topological polar surface area (TPSA) is 148 Å². The van der Waals surface area contributed by atoms with Gasteiger partial charge in [0.1, 0.15) is 24.3 Å². The van der Waals surface area contributed by atoms with Crippen molar-refractivity contribution in [1.82, 2.24) is 25.9 Å². The quantitative estimate of drug-likeness (QED) is 0.143. The molecule has 0 aromatic heterocycles. The number of unbranched alkanes of at least 4 members (excludes halogenated alkanes) is 2. The van der Waals surface area contributed by atoms with Crippen LogP contribution in [-0.2, 0) is 19.2 Å². The minimum absolute atomic E-state index is 0.0178. The normalized spacial score (nSPS) is 18.6. The van der Waals surface area contributed by atoms with Crippen molar-refractivity contribution in [3.8, 4) is 0 Å². The second-order valence-corrected chi connectivity index (χ2v) is 10.6. The summed E-state index contributed by atoms with van der Waals surface area (Å²) in [7, 11) is 1.44. The molecule has 5 amide bonds. The molecule has 228 valence electrons. The van der Waals surface area contributed by atoms with E-state index >= 15 is 0 Å². The number of nitrogens with one attached hydrogen (secondary N) is 3. The zero-order valence-electron chi connectivity index (χ0n) is 24.4. The highest BCUT2D eigenvalue weighted by Crippen LogP contribution is 2.26. The third-order valence-electron chi connectivity index (χ3n) is 7.56. The number of likely N-dealkylation sites (tertiary alicyclic amines) is 1. The lowest BCUT2D eigenvalue weighted by Gasteiger charge is -2.35. The van der Waals surface area contributed by atoms with Crippen LogP contribution >= 0.6 is 0 Å². The minimum Gasteiger partial charge on any atom is -0.352 e. The Labute approximate surface area is 241 Å². The number of likely N-dealkylation sites (N-methyl/N-ethyl adjacent to an activating group) is 1. The van der Waals surface area contributed by atoms with E-state index in [9.17, 15) is 33.6 Å². The van der Waals surface area contributed by atoms with Gasteiger partial charge in [-0.25, -0.2) is 9.87 Å². The number of amides is 5. The van der Waals surface area contributed by atoms with Crippen molar-refractivity contribution in [3.63, 3.8) is 0 Å². The molecule has 1 aliphatic heterocycles. The molecule has 1 fully saturated rings. The predicted molar refractivity (Wildman–Crippen MR) is 150 cm³/mol. The molecule has 1 heterocycles. The Balaban J connectivity index is 2.13. The highest BCUT2D eigenvalue weighted by molar-refractivity contribution is 5.95. The highest BCUT2D eigenvalue weighted by atomic mass is 19.1. The summed E-state index contributed by atoms with van der Waals surface area (Å²) in [6.07, 6.45) is 1.64. The Kier molecular flexibility index (Phi) is 13.7. The summed E-state index contributed by atoms with van der Waals surface area (Å²) in [5, 5.41) is 14.5. The zero-order chi connectivity index (χ0) is 30.5. The monoisotopic (exact) mass is 577 g/mol. The van der Waals surface area contributed by atoms with Crippen LogP contribution in [0.3, 0.4) is 0 Å². The molecule has 12 heteroatoms. The fourth-order valence-corrected chi connectivity index (χ4v) is 5.00. The molecule has 5 atom stereocenters. The molecule has 4 N–H and O–H groups in total. The van der Waals surface area contributed by atoms with E-state index in [1.165, 1.54) is 22.3 Å². The highest BCUT2D eigenvalue weighted by Gasteiger charge is 2.43. The first kappa shape index (κ1) is 33.7. The number of nitrogens with zero attached hydrogens (tertiary/aromatic N) is 2. The molecule has 1 aromatic rings. The van der Waals surface area contributed by atoms with Crippen molar-refractivity contribution in [1.29, 1.82) is 0 Å². The maximum Gasteiger partial charge on any atom is 0.265 e. The molecule has 0 spiro atoms. The van der Waals surface area contributed by atoms with Gasteiger partial charge < -0.3 is 20.4 Å². The third-order valence-corrected chi connectivity index (χ3v) is 7.56. The second-order valence-electron chi connectivity index (χ2n) is 10.6. The summed E-state index contributed by atoms with van der Waals surface area (Å²) in [6, 6.07) is 5.20.